The Balaban J connectivity index is 2.02. The van der Waals surface area contributed by atoms with Gasteiger partial charge in [-0.2, -0.15) is 5.10 Å². The van der Waals surface area contributed by atoms with Crippen molar-refractivity contribution in [2.45, 2.75) is 33.4 Å². The summed E-state index contributed by atoms with van der Waals surface area (Å²) < 4.78 is 7.26. The zero-order valence-corrected chi connectivity index (χ0v) is 12.7. The Labute approximate surface area is 125 Å². The van der Waals surface area contributed by atoms with E-state index < -0.39 is 11.6 Å². The number of rotatable bonds is 6. The standard InChI is InChI=1S/C16H21N3O2/c1-16(2,3)14(20)15(19-12-17-11-18-19)21-10-9-13-7-5-4-6-8-13/h4-8,11-12,15H,9-10H2,1-3H3. The fourth-order valence-electron chi connectivity index (χ4n) is 1.91. The van der Waals surface area contributed by atoms with Crippen molar-refractivity contribution in [3.63, 3.8) is 0 Å². The lowest BCUT2D eigenvalue weighted by atomic mass is 9.90. The summed E-state index contributed by atoms with van der Waals surface area (Å²) in [6.07, 6.45) is 2.94. The molecular weight excluding hydrogens is 266 g/mol. The summed E-state index contributed by atoms with van der Waals surface area (Å²) in [6.45, 7) is 6.08. The zero-order valence-electron chi connectivity index (χ0n) is 12.7. The maximum absolute atomic E-state index is 12.5. The van der Waals surface area contributed by atoms with Crippen LogP contribution in [0, 0.1) is 5.41 Å². The lowest BCUT2D eigenvalue weighted by molar-refractivity contribution is -0.145. The first-order valence-electron chi connectivity index (χ1n) is 7.02. The minimum Gasteiger partial charge on any atom is -0.349 e. The molecule has 0 aliphatic heterocycles. The van der Waals surface area contributed by atoms with Crippen LogP contribution in [-0.2, 0) is 16.0 Å². The van der Waals surface area contributed by atoms with E-state index in [0.29, 0.717) is 6.61 Å². The summed E-state index contributed by atoms with van der Waals surface area (Å²) in [6, 6.07) is 10.0. The lowest BCUT2D eigenvalue weighted by Crippen LogP contribution is -2.33. The molecular formula is C16H21N3O2. The third-order valence-electron chi connectivity index (χ3n) is 3.15. The number of carbonyl (C=O) groups is 1. The molecule has 21 heavy (non-hydrogen) atoms. The van der Waals surface area contributed by atoms with Crippen molar-refractivity contribution in [2.75, 3.05) is 6.61 Å². The van der Waals surface area contributed by atoms with E-state index in [4.69, 9.17) is 4.74 Å². The van der Waals surface area contributed by atoms with E-state index in [-0.39, 0.29) is 5.78 Å². The van der Waals surface area contributed by atoms with Crippen molar-refractivity contribution in [1.29, 1.82) is 0 Å². The van der Waals surface area contributed by atoms with Gasteiger partial charge in [0.15, 0.2) is 5.78 Å². The van der Waals surface area contributed by atoms with Gasteiger partial charge in [-0.3, -0.25) is 4.79 Å². The normalized spacial score (nSPS) is 13.1. The molecule has 0 aliphatic rings. The average Bonchev–Trinajstić information content (AvgIpc) is 2.97. The van der Waals surface area contributed by atoms with E-state index in [1.165, 1.54) is 22.9 Å². The molecule has 0 amide bonds. The molecule has 0 fully saturated rings. The molecule has 1 atom stereocenters. The van der Waals surface area contributed by atoms with Gasteiger partial charge < -0.3 is 4.74 Å². The van der Waals surface area contributed by atoms with Crippen LogP contribution in [-0.4, -0.2) is 27.2 Å². The number of carbonyl (C=O) groups excluding carboxylic acids is 1. The number of nitrogens with zero attached hydrogens (tertiary/aromatic N) is 3. The van der Waals surface area contributed by atoms with Crippen LogP contribution in [0.25, 0.3) is 0 Å². The predicted octanol–water partition coefficient (Wildman–Crippen LogP) is 2.65. The van der Waals surface area contributed by atoms with Crippen LogP contribution in [0.3, 0.4) is 0 Å². The van der Waals surface area contributed by atoms with Crippen LogP contribution in [0.15, 0.2) is 43.0 Å². The Kier molecular flexibility index (Phi) is 4.85. The van der Waals surface area contributed by atoms with Crippen molar-refractivity contribution in [2.24, 2.45) is 5.41 Å². The van der Waals surface area contributed by atoms with Crippen molar-refractivity contribution < 1.29 is 9.53 Å². The van der Waals surface area contributed by atoms with Crippen LogP contribution in [0.2, 0.25) is 0 Å². The molecule has 112 valence electrons. The molecule has 5 nitrogen and oxygen atoms in total. The van der Waals surface area contributed by atoms with Gasteiger partial charge in [0.2, 0.25) is 6.23 Å². The smallest absolute Gasteiger partial charge is 0.211 e. The predicted molar refractivity (Wildman–Crippen MR) is 79.6 cm³/mol. The largest absolute Gasteiger partial charge is 0.349 e. The summed E-state index contributed by atoms with van der Waals surface area (Å²) in [7, 11) is 0. The number of benzene rings is 1. The number of ketones is 1. The van der Waals surface area contributed by atoms with E-state index in [9.17, 15) is 4.79 Å². The van der Waals surface area contributed by atoms with Crippen molar-refractivity contribution in [3.8, 4) is 0 Å². The Morgan fingerprint density at radius 3 is 2.57 bits per heavy atom. The van der Waals surface area contributed by atoms with Crippen molar-refractivity contribution in [3.05, 3.63) is 48.5 Å². The molecule has 5 heteroatoms. The number of hydrogen-bond donors (Lipinski definition) is 0. The van der Waals surface area contributed by atoms with E-state index in [1.807, 2.05) is 51.1 Å². The summed E-state index contributed by atoms with van der Waals surface area (Å²) in [5.41, 5.74) is 0.682. The maximum atomic E-state index is 12.5. The highest BCUT2D eigenvalue weighted by molar-refractivity contribution is 5.86. The van der Waals surface area contributed by atoms with E-state index in [1.54, 1.807) is 0 Å². The highest BCUT2D eigenvalue weighted by Crippen LogP contribution is 2.24. The van der Waals surface area contributed by atoms with Gasteiger partial charge in [-0.1, -0.05) is 51.1 Å². The van der Waals surface area contributed by atoms with Crippen LogP contribution >= 0.6 is 0 Å². The van der Waals surface area contributed by atoms with Crippen molar-refractivity contribution >= 4 is 5.78 Å². The summed E-state index contributed by atoms with van der Waals surface area (Å²) in [5, 5.41) is 4.04. The minimum atomic E-state index is -0.726. The number of Topliss-reactive ketones (excluding diaryl/α,β-unsaturated/α-hetero) is 1. The molecule has 0 radical (unpaired) electrons. The second-order valence-electron chi connectivity index (χ2n) is 5.95. The number of aromatic nitrogens is 3. The second kappa shape index (κ2) is 6.63. The lowest BCUT2D eigenvalue weighted by Gasteiger charge is -2.24. The van der Waals surface area contributed by atoms with Gasteiger partial charge in [-0.15, -0.1) is 0 Å². The Bertz CT molecular complexity index is 559. The maximum Gasteiger partial charge on any atom is 0.211 e. The molecule has 0 spiro atoms. The molecule has 0 saturated carbocycles. The number of ether oxygens (including phenoxy) is 1. The van der Waals surface area contributed by atoms with E-state index in [2.05, 4.69) is 10.1 Å². The Morgan fingerprint density at radius 1 is 1.29 bits per heavy atom. The van der Waals surface area contributed by atoms with Crippen LogP contribution in [0.5, 0.6) is 0 Å². The Hall–Kier alpha value is -2.01. The third kappa shape index (κ3) is 4.23. The summed E-state index contributed by atoms with van der Waals surface area (Å²) in [4.78, 5) is 16.4. The fourth-order valence-corrected chi connectivity index (χ4v) is 1.91. The minimum absolute atomic E-state index is 0.0129. The first kappa shape index (κ1) is 15.4. The van der Waals surface area contributed by atoms with Crippen LogP contribution in [0.4, 0.5) is 0 Å². The van der Waals surface area contributed by atoms with Gasteiger partial charge in [0.1, 0.15) is 12.7 Å². The first-order chi connectivity index (χ1) is 9.98. The molecule has 0 N–H and O–H groups in total. The zero-order chi connectivity index (χ0) is 15.3. The van der Waals surface area contributed by atoms with Crippen LogP contribution < -0.4 is 0 Å². The van der Waals surface area contributed by atoms with Gasteiger partial charge in [0.25, 0.3) is 0 Å². The quantitative estimate of drug-likeness (QED) is 0.819. The number of hydrogen-bond acceptors (Lipinski definition) is 4. The van der Waals surface area contributed by atoms with Gasteiger partial charge in [-0.05, 0) is 12.0 Å². The molecule has 2 aromatic rings. The van der Waals surface area contributed by atoms with E-state index >= 15 is 0 Å². The van der Waals surface area contributed by atoms with Gasteiger partial charge in [0.05, 0.1) is 6.61 Å². The van der Waals surface area contributed by atoms with Crippen molar-refractivity contribution in [1.82, 2.24) is 14.8 Å². The van der Waals surface area contributed by atoms with Gasteiger partial charge in [-0.25, -0.2) is 9.67 Å². The average molecular weight is 287 g/mol. The molecule has 0 saturated heterocycles. The Morgan fingerprint density at radius 2 is 2.00 bits per heavy atom. The monoisotopic (exact) mass is 287 g/mol. The second-order valence-corrected chi connectivity index (χ2v) is 5.95. The fraction of sp³-hybridized carbons (Fsp3) is 0.438. The summed E-state index contributed by atoms with van der Waals surface area (Å²) in [5.74, 6) is -0.0129. The highest BCUT2D eigenvalue weighted by Gasteiger charge is 2.32. The molecule has 2 rings (SSSR count). The molecule has 0 bridgehead atoms. The topological polar surface area (TPSA) is 57.0 Å². The van der Waals surface area contributed by atoms with Crippen LogP contribution in [0.1, 0.15) is 32.6 Å². The SMILES string of the molecule is CC(C)(C)C(=O)C(OCCc1ccccc1)n1cncn1. The molecule has 1 heterocycles. The summed E-state index contributed by atoms with van der Waals surface area (Å²) >= 11 is 0. The highest BCUT2D eigenvalue weighted by atomic mass is 16.5. The van der Waals surface area contributed by atoms with Gasteiger partial charge in [0, 0.05) is 5.41 Å². The molecule has 1 aromatic heterocycles. The van der Waals surface area contributed by atoms with Gasteiger partial charge >= 0.3 is 0 Å². The van der Waals surface area contributed by atoms with E-state index in [0.717, 1.165) is 6.42 Å². The molecule has 1 unspecified atom stereocenters. The molecule has 1 aromatic carbocycles. The first-order valence-corrected chi connectivity index (χ1v) is 7.02. The third-order valence-corrected chi connectivity index (χ3v) is 3.15. The molecule has 0 aliphatic carbocycles.